The van der Waals surface area contributed by atoms with E-state index in [1.807, 2.05) is 0 Å². The van der Waals surface area contributed by atoms with Gasteiger partial charge in [-0.25, -0.2) is 0 Å². The van der Waals surface area contributed by atoms with Crippen LogP contribution in [0.1, 0.15) is 110 Å². The first-order valence-corrected chi connectivity index (χ1v) is 11.1. The zero-order chi connectivity index (χ0) is 19.0. The average molecular weight is 356 g/mol. The van der Waals surface area contributed by atoms with Crippen LogP contribution in [0.4, 0.5) is 0 Å². The van der Waals surface area contributed by atoms with Crippen LogP contribution in [0, 0.1) is 0 Å². The topological polar surface area (TPSA) is 23.5 Å². The summed E-state index contributed by atoms with van der Waals surface area (Å²) in [5.74, 6) is 0. The minimum Gasteiger partial charge on any atom is -0.396 e. The third-order valence-corrected chi connectivity index (χ3v) is 4.34. The molecule has 0 unspecified atom stereocenters. The summed E-state index contributed by atoms with van der Waals surface area (Å²) in [6.45, 7) is 6.02. The molecule has 0 bridgehead atoms. The molecule has 0 saturated carbocycles. The van der Waals surface area contributed by atoms with Crippen LogP contribution in [-0.4, -0.2) is 37.3 Å². The third kappa shape index (κ3) is 31.9. The lowest BCUT2D eigenvalue weighted by Gasteiger charge is -2.03. The van der Waals surface area contributed by atoms with Crippen LogP contribution >= 0.6 is 0 Å². The van der Waals surface area contributed by atoms with Gasteiger partial charge >= 0.3 is 0 Å². The molecular weight excluding hydrogens is 306 g/mol. The molecule has 0 aliphatic carbocycles. The van der Waals surface area contributed by atoms with Crippen molar-refractivity contribution in [1.82, 2.24) is 4.90 Å². The van der Waals surface area contributed by atoms with Crippen molar-refractivity contribution < 1.29 is 5.11 Å². The molecule has 2 heteroatoms. The van der Waals surface area contributed by atoms with Crippen molar-refractivity contribution in [3.05, 3.63) is 12.2 Å². The molecule has 0 spiro atoms. The second-order valence-corrected chi connectivity index (χ2v) is 7.46. The number of allylic oxidation sites excluding steroid dienone is 2. The third-order valence-electron chi connectivity index (χ3n) is 4.34. The van der Waals surface area contributed by atoms with Crippen molar-refractivity contribution in [3.63, 3.8) is 0 Å². The fourth-order valence-electron chi connectivity index (χ4n) is 2.81. The summed E-state index contributed by atoms with van der Waals surface area (Å²) in [6.07, 6.45) is 24.5. The van der Waals surface area contributed by atoms with E-state index in [2.05, 4.69) is 45.0 Å². The van der Waals surface area contributed by atoms with Gasteiger partial charge in [0.15, 0.2) is 0 Å². The molecule has 0 fully saturated rings. The van der Waals surface area contributed by atoms with E-state index < -0.39 is 0 Å². The molecule has 25 heavy (non-hydrogen) atoms. The van der Waals surface area contributed by atoms with Crippen LogP contribution in [0.3, 0.4) is 0 Å². The Labute approximate surface area is 160 Å². The largest absolute Gasteiger partial charge is 0.396 e. The van der Waals surface area contributed by atoms with Crippen LogP contribution in [0.15, 0.2) is 12.2 Å². The molecule has 0 aromatic heterocycles. The van der Waals surface area contributed by atoms with Gasteiger partial charge in [0.05, 0.1) is 0 Å². The van der Waals surface area contributed by atoms with Gasteiger partial charge in [-0.05, 0) is 59.2 Å². The first kappa shape index (κ1) is 26.9. The predicted molar refractivity (Wildman–Crippen MR) is 115 cm³/mol. The lowest BCUT2D eigenvalue weighted by molar-refractivity contribution is 0.282. The second-order valence-electron chi connectivity index (χ2n) is 7.46. The Kier molecular flexibility index (Phi) is 27.8. The summed E-state index contributed by atoms with van der Waals surface area (Å²) in [4.78, 5) is 2.18. The second kappa shape index (κ2) is 25.9. The molecule has 0 aromatic carbocycles. The number of hydrogen-bond donors (Lipinski definition) is 1. The van der Waals surface area contributed by atoms with Crippen molar-refractivity contribution in [2.75, 3.05) is 27.2 Å². The van der Waals surface area contributed by atoms with Gasteiger partial charge in [-0.1, -0.05) is 83.8 Å². The first-order chi connectivity index (χ1) is 12.2. The quantitative estimate of drug-likeness (QED) is 0.225. The van der Waals surface area contributed by atoms with Crippen LogP contribution in [0.5, 0.6) is 0 Å². The van der Waals surface area contributed by atoms with Crippen molar-refractivity contribution in [3.8, 4) is 0 Å². The smallest absolute Gasteiger partial charge is 0.0431 e. The van der Waals surface area contributed by atoms with Gasteiger partial charge in [0.2, 0.25) is 0 Å². The molecule has 2 nitrogen and oxygen atoms in total. The number of hydrogen-bond acceptors (Lipinski definition) is 2. The number of nitrogens with zero attached hydrogens (tertiary/aromatic N) is 1. The molecule has 0 aliphatic rings. The van der Waals surface area contributed by atoms with E-state index in [9.17, 15) is 0 Å². The van der Waals surface area contributed by atoms with Gasteiger partial charge in [0, 0.05) is 6.61 Å². The van der Waals surface area contributed by atoms with E-state index in [-0.39, 0.29) is 0 Å². The van der Waals surface area contributed by atoms with Gasteiger partial charge in [-0.15, -0.1) is 0 Å². The highest BCUT2D eigenvalue weighted by molar-refractivity contribution is 4.81. The summed E-state index contributed by atoms with van der Waals surface area (Å²) in [5.41, 5.74) is 0. The Morgan fingerprint density at radius 2 is 1.04 bits per heavy atom. The van der Waals surface area contributed by atoms with E-state index >= 15 is 0 Å². The Bertz CT molecular complexity index is 238. The summed E-state index contributed by atoms with van der Waals surface area (Å²) in [7, 11) is 4.17. The summed E-state index contributed by atoms with van der Waals surface area (Å²) in [6, 6.07) is 0. The zero-order valence-electron chi connectivity index (χ0n) is 18.1. The normalized spacial score (nSPS) is 11.1. The van der Waals surface area contributed by atoms with Crippen LogP contribution in [0.25, 0.3) is 0 Å². The highest BCUT2D eigenvalue weighted by atomic mass is 16.2. The summed E-state index contributed by atoms with van der Waals surface area (Å²) in [5, 5.41) is 8.66. The van der Waals surface area contributed by atoms with Gasteiger partial charge < -0.3 is 10.0 Å². The predicted octanol–water partition coefficient (Wildman–Crippen LogP) is 6.97. The zero-order valence-corrected chi connectivity index (χ0v) is 18.1. The van der Waals surface area contributed by atoms with Gasteiger partial charge in [-0.2, -0.15) is 0 Å². The van der Waals surface area contributed by atoms with Crippen LogP contribution in [0.2, 0.25) is 0 Å². The molecule has 0 rings (SSSR count). The molecule has 0 saturated heterocycles. The van der Waals surface area contributed by atoms with Crippen molar-refractivity contribution in [2.24, 2.45) is 0 Å². The number of aliphatic hydroxyl groups is 1. The first-order valence-electron chi connectivity index (χ1n) is 11.1. The average Bonchev–Trinajstić information content (AvgIpc) is 2.59. The molecule has 0 atom stereocenters. The Morgan fingerprint density at radius 1 is 0.600 bits per heavy atom. The lowest BCUT2D eigenvalue weighted by Crippen LogP contribution is -2.11. The van der Waals surface area contributed by atoms with Crippen molar-refractivity contribution >= 4 is 0 Å². The van der Waals surface area contributed by atoms with Gasteiger partial charge in [0.1, 0.15) is 0 Å². The molecular formula is C23H49NO. The van der Waals surface area contributed by atoms with Crippen LogP contribution < -0.4 is 0 Å². The van der Waals surface area contributed by atoms with Crippen molar-refractivity contribution in [2.45, 2.75) is 110 Å². The number of rotatable bonds is 17. The van der Waals surface area contributed by atoms with E-state index in [4.69, 9.17) is 5.11 Å². The van der Waals surface area contributed by atoms with Crippen LogP contribution in [-0.2, 0) is 0 Å². The summed E-state index contributed by atoms with van der Waals surface area (Å²) < 4.78 is 0. The Morgan fingerprint density at radius 3 is 1.40 bits per heavy atom. The van der Waals surface area contributed by atoms with Gasteiger partial charge in [0.25, 0.3) is 0 Å². The lowest BCUT2D eigenvalue weighted by atomic mass is 10.1. The highest BCUT2D eigenvalue weighted by Gasteiger charge is 1.90. The fourth-order valence-corrected chi connectivity index (χ4v) is 2.81. The van der Waals surface area contributed by atoms with E-state index in [0.717, 1.165) is 6.42 Å². The molecule has 0 radical (unpaired) electrons. The maximum atomic E-state index is 8.66. The van der Waals surface area contributed by atoms with E-state index in [1.165, 1.54) is 96.4 Å². The Balaban J connectivity index is 0. The SMILES string of the molecule is CCCCCCCC/C=C\CCCCCCCCO.CCCN(C)C. The van der Waals surface area contributed by atoms with E-state index in [0.29, 0.717) is 6.61 Å². The van der Waals surface area contributed by atoms with E-state index in [1.54, 1.807) is 0 Å². The maximum Gasteiger partial charge on any atom is 0.0431 e. The monoisotopic (exact) mass is 355 g/mol. The molecule has 0 aliphatic heterocycles. The summed E-state index contributed by atoms with van der Waals surface area (Å²) >= 11 is 0. The maximum absolute atomic E-state index is 8.66. The van der Waals surface area contributed by atoms with Gasteiger partial charge in [-0.3, -0.25) is 0 Å². The molecule has 1 N–H and O–H groups in total. The Hall–Kier alpha value is -0.340. The standard InChI is InChI=1S/C18H36O.C5H13N/c1-2-3-4-5-6-7-8-9-10-11-12-13-14-15-16-17-18-19;1-4-5-6(2)3/h9-10,19H,2-8,11-18H2,1H3;4-5H2,1-3H3/b10-9-;. The number of aliphatic hydroxyl groups excluding tert-OH is 1. The minimum atomic E-state index is 0.362. The molecule has 152 valence electrons. The molecule has 0 amide bonds. The molecule has 0 heterocycles. The fraction of sp³-hybridized carbons (Fsp3) is 0.913. The molecule has 0 aromatic rings. The minimum absolute atomic E-state index is 0.362. The highest BCUT2D eigenvalue weighted by Crippen LogP contribution is 2.09. The van der Waals surface area contributed by atoms with Crippen molar-refractivity contribution in [1.29, 1.82) is 0 Å². The number of unbranched alkanes of at least 4 members (excludes halogenated alkanes) is 12.